The van der Waals surface area contributed by atoms with Crippen molar-refractivity contribution in [1.82, 2.24) is 10.2 Å². The molecule has 0 aliphatic rings. The zero-order chi connectivity index (χ0) is 15.1. The molecular weight excluding hydrogens is 261 g/mol. The average Bonchev–Trinajstić information content (AvgIpc) is 2.77. The summed E-state index contributed by atoms with van der Waals surface area (Å²) < 4.78 is 35.6. The van der Waals surface area contributed by atoms with E-state index in [0.29, 0.717) is 18.5 Å². The second kappa shape index (κ2) is 7.70. The number of halogens is 3. The minimum absolute atomic E-state index is 0.0255. The minimum Gasteiger partial charge on any atom is -0.300 e. The summed E-state index contributed by atoms with van der Waals surface area (Å²) in [6, 6.07) is 1.01. The molecule has 0 aliphatic carbocycles. The molecule has 108 valence electrons. The van der Waals surface area contributed by atoms with E-state index in [2.05, 4.69) is 10.2 Å². The first-order chi connectivity index (χ1) is 8.70. The molecule has 0 spiro atoms. The second-order valence-electron chi connectivity index (χ2n) is 3.90. The monoisotopic (exact) mass is 278 g/mol. The molecule has 1 aromatic rings. The quantitative estimate of drug-likeness (QED) is 0.861. The number of nitrogens with one attached hydrogen (secondary N) is 1. The number of nitrogens with zero attached hydrogens (tertiary/aromatic N) is 1. The number of carbonyl (C=O) groups excluding carboxylic acids is 2. The summed E-state index contributed by atoms with van der Waals surface area (Å²) in [5, 5.41) is 5.40. The average molecular weight is 278 g/mol. The van der Waals surface area contributed by atoms with Crippen LogP contribution in [0, 0.1) is 0 Å². The highest BCUT2D eigenvalue weighted by Gasteiger charge is 2.33. The number of hydrogen-bond donors (Lipinski definition) is 1. The predicted octanol–water partition coefficient (Wildman–Crippen LogP) is 2.94. The molecular formula is C12H17F3N2O2. The molecule has 1 aromatic heterocycles. The number of aromatic amines is 1. The van der Waals surface area contributed by atoms with Gasteiger partial charge in [0.05, 0.1) is 6.42 Å². The Morgan fingerprint density at radius 2 is 1.89 bits per heavy atom. The number of hydrogen-bond acceptors (Lipinski definition) is 3. The third kappa shape index (κ3) is 7.38. The van der Waals surface area contributed by atoms with Crippen LogP contribution in [0.1, 0.15) is 45.0 Å². The van der Waals surface area contributed by atoms with E-state index in [1.165, 1.54) is 6.92 Å². The Bertz CT molecular complexity index is 425. The van der Waals surface area contributed by atoms with E-state index < -0.39 is 11.9 Å². The molecule has 1 heterocycles. The summed E-state index contributed by atoms with van der Waals surface area (Å²) >= 11 is 0. The fourth-order valence-electron chi connectivity index (χ4n) is 1.09. The number of alkyl halides is 3. The maximum atomic E-state index is 11.9. The van der Waals surface area contributed by atoms with Gasteiger partial charge in [-0.2, -0.15) is 18.3 Å². The van der Waals surface area contributed by atoms with Crippen LogP contribution in [-0.4, -0.2) is 21.8 Å². The lowest BCUT2D eigenvalue weighted by Gasteiger charge is -1.98. The van der Waals surface area contributed by atoms with Gasteiger partial charge in [-0.15, -0.1) is 0 Å². The van der Waals surface area contributed by atoms with Crippen molar-refractivity contribution in [3.05, 3.63) is 17.5 Å². The van der Waals surface area contributed by atoms with E-state index in [-0.39, 0.29) is 18.0 Å². The van der Waals surface area contributed by atoms with Crippen LogP contribution >= 0.6 is 0 Å². The number of aromatic nitrogens is 2. The molecule has 0 saturated carbocycles. The zero-order valence-electron chi connectivity index (χ0n) is 11.1. The van der Waals surface area contributed by atoms with Crippen LogP contribution in [-0.2, 0) is 22.2 Å². The summed E-state index contributed by atoms with van der Waals surface area (Å²) in [6.07, 6.45) is -3.22. The van der Waals surface area contributed by atoms with Gasteiger partial charge in [0.2, 0.25) is 0 Å². The first-order valence-corrected chi connectivity index (χ1v) is 5.83. The molecule has 0 amide bonds. The SMILES string of the molecule is CCC(=O)CC(C)=O.CCc1cc(C(F)(F)F)n[nH]1. The van der Waals surface area contributed by atoms with Gasteiger partial charge < -0.3 is 0 Å². The fraction of sp³-hybridized carbons (Fsp3) is 0.583. The summed E-state index contributed by atoms with van der Waals surface area (Å²) in [4.78, 5) is 20.6. The van der Waals surface area contributed by atoms with E-state index in [9.17, 15) is 22.8 Å². The Hall–Kier alpha value is -1.66. The number of ketones is 2. The van der Waals surface area contributed by atoms with Gasteiger partial charge in [0.15, 0.2) is 5.69 Å². The molecule has 7 heteroatoms. The number of rotatable bonds is 4. The van der Waals surface area contributed by atoms with Gasteiger partial charge in [-0.1, -0.05) is 13.8 Å². The van der Waals surface area contributed by atoms with Crippen LogP contribution < -0.4 is 0 Å². The Labute approximate surface area is 109 Å². The first-order valence-electron chi connectivity index (χ1n) is 5.83. The Morgan fingerprint density at radius 3 is 2.11 bits per heavy atom. The highest BCUT2D eigenvalue weighted by Crippen LogP contribution is 2.27. The van der Waals surface area contributed by atoms with Crippen molar-refractivity contribution in [2.45, 2.75) is 46.2 Å². The number of aryl methyl sites for hydroxylation is 1. The molecule has 0 fully saturated rings. The Balaban J connectivity index is 0.000000362. The third-order valence-corrected chi connectivity index (χ3v) is 2.14. The predicted molar refractivity (Wildman–Crippen MR) is 63.6 cm³/mol. The zero-order valence-corrected chi connectivity index (χ0v) is 11.1. The van der Waals surface area contributed by atoms with Crippen molar-refractivity contribution < 1.29 is 22.8 Å². The first kappa shape index (κ1) is 17.3. The molecule has 0 aliphatic heterocycles. The van der Waals surface area contributed by atoms with Crippen molar-refractivity contribution in [3.63, 3.8) is 0 Å². The van der Waals surface area contributed by atoms with Crippen molar-refractivity contribution in [2.24, 2.45) is 0 Å². The van der Waals surface area contributed by atoms with Gasteiger partial charge in [0, 0.05) is 12.1 Å². The van der Waals surface area contributed by atoms with E-state index in [1.54, 1.807) is 13.8 Å². The molecule has 1 N–H and O–H groups in total. The van der Waals surface area contributed by atoms with Crippen LogP contribution in [0.2, 0.25) is 0 Å². The highest BCUT2D eigenvalue weighted by atomic mass is 19.4. The molecule has 0 aromatic carbocycles. The molecule has 1 rings (SSSR count). The standard InChI is InChI=1S/C6H7F3N2.C6H10O2/c1-2-4-3-5(11-10-4)6(7,8)9;1-3-6(8)4-5(2)7/h3H,2H2,1H3,(H,10,11);3-4H2,1-2H3. The van der Waals surface area contributed by atoms with Gasteiger partial charge in [0.25, 0.3) is 0 Å². The minimum atomic E-state index is -4.33. The van der Waals surface area contributed by atoms with E-state index in [4.69, 9.17) is 0 Å². The smallest absolute Gasteiger partial charge is 0.300 e. The number of carbonyl (C=O) groups is 2. The largest absolute Gasteiger partial charge is 0.435 e. The van der Waals surface area contributed by atoms with Gasteiger partial charge in [-0.25, -0.2) is 0 Å². The fourth-order valence-corrected chi connectivity index (χ4v) is 1.09. The molecule has 0 saturated heterocycles. The lowest BCUT2D eigenvalue weighted by molar-refractivity contribution is -0.141. The van der Waals surface area contributed by atoms with Gasteiger partial charge in [-0.05, 0) is 19.4 Å². The summed E-state index contributed by atoms with van der Waals surface area (Å²) in [5.41, 5.74) is -0.355. The van der Waals surface area contributed by atoms with E-state index >= 15 is 0 Å². The maximum absolute atomic E-state index is 11.9. The van der Waals surface area contributed by atoms with Gasteiger partial charge in [-0.3, -0.25) is 14.7 Å². The lowest BCUT2D eigenvalue weighted by atomic mass is 10.2. The Kier molecular flexibility index (Phi) is 7.03. The summed E-state index contributed by atoms with van der Waals surface area (Å²) in [7, 11) is 0. The highest BCUT2D eigenvalue weighted by molar-refractivity contribution is 5.97. The third-order valence-electron chi connectivity index (χ3n) is 2.14. The van der Waals surface area contributed by atoms with Crippen molar-refractivity contribution >= 4 is 11.6 Å². The molecule has 19 heavy (non-hydrogen) atoms. The van der Waals surface area contributed by atoms with Crippen molar-refractivity contribution in [3.8, 4) is 0 Å². The van der Waals surface area contributed by atoms with Crippen molar-refractivity contribution in [1.29, 1.82) is 0 Å². The normalized spacial score (nSPS) is 10.6. The second-order valence-corrected chi connectivity index (χ2v) is 3.90. The van der Waals surface area contributed by atoms with Crippen LogP contribution in [0.3, 0.4) is 0 Å². The van der Waals surface area contributed by atoms with Crippen LogP contribution in [0.4, 0.5) is 13.2 Å². The van der Waals surface area contributed by atoms with E-state index in [1.807, 2.05) is 0 Å². The van der Waals surface area contributed by atoms with Crippen LogP contribution in [0.25, 0.3) is 0 Å². The molecule has 0 radical (unpaired) electrons. The molecule has 0 bridgehead atoms. The van der Waals surface area contributed by atoms with Gasteiger partial charge in [0.1, 0.15) is 11.6 Å². The summed E-state index contributed by atoms with van der Waals surface area (Å²) in [6.45, 7) is 4.94. The van der Waals surface area contributed by atoms with E-state index in [0.717, 1.165) is 6.07 Å². The molecule has 4 nitrogen and oxygen atoms in total. The lowest BCUT2D eigenvalue weighted by Crippen LogP contribution is -2.04. The topological polar surface area (TPSA) is 62.8 Å². The van der Waals surface area contributed by atoms with Crippen molar-refractivity contribution in [2.75, 3.05) is 0 Å². The molecule has 0 atom stereocenters. The molecule has 0 unspecified atom stereocenters. The van der Waals surface area contributed by atoms with Gasteiger partial charge >= 0.3 is 6.18 Å². The number of H-pyrrole nitrogens is 1. The van der Waals surface area contributed by atoms with Crippen LogP contribution in [0.15, 0.2) is 6.07 Å². The van der Waals surface area contributed by atoms with Crippen LogP contribution in [0.5, 0.6) is 0 Å². The Morgan fingerprint density at radius 1 is 1.32 bits per heavy atom. The maximum Gasteiger partial charge on any atom is 0.435 e. The summed E-state index contributed by atoms with van der Waals surface area (Å²) in [5.74, 6) is -0.0191. The number of Topliss-reactive ketones (excluding diaryl/α,β-unsaturated/α-hetero) is 2.